The lowest BCUT2D eigenvalue weighted by Gasteiger charge is -2.07. The maximum atomic E-state index is 12.7. The minimum atomic E-state index is -0.617. The molecular formula is C14H12FN3O4. The Hall–Kier alpha value is -3.03. The first-order valence-electron chi connectivity index (χ1n) is 6.36. The molecule has 2 rings (SSSR count). The van der Waals surface area contributed by atoms with Crippen LogP contribution in [0.2, 0.25) is 0 Å². The third kappa shape index (κ3) is 3.98. The first kappa shape index (κ1) is 15.4. The Bertz CT molecular complexity index is 755. The van der Waals surface area contributed by atoms with E-state index >= 15 is 0 Å². The molecule has 1 aromatic heterocycles. The van der Waals surface area contributed by atoms with Crippen LogP contribution in [-0.2, 0) is 11.3 Å². The molecule has 114 valence electrons. The Kier molecular flexibility index (Phi) is 4.62. The minimum absolute atomic E-state index is 0.00748. The zero-order chi connectivity index (χ0) is 16.1. The number of amides is 1. The molecule has 7 nitrogen and oxygen atoms in total. The van der Waals surface area contributed by atoms with E-state index < -0.39 is 16.3 Å². The smallest absolute Gasteiger partial charge is 0.285 e. The van der Waals surface area contributed by atoms with E-state index in [0.717, 1.165) is 22.9 Å². The molecule has 1 N–H and O–H groups in total. The predicted octanol–water partition coefficient (Wildman–Crippen LogP) is 1.92. The number of hydrogen-bond acceptors (Lipinski definition) is 4. The zero-order valence-corrected chi connectivity index (χ0v) is 11.4. The molecule has 0 spiro atoms. The third-order valence-corrected chi connectivity index (χ3v) is 2.89. The van der Waals surface area contributed by atoms with Crippen LogP contribution in [0.15, 0.2) is 47.4 Å². The first-order chi connectivity index (χ1) is 10.5. The van der Waals surface area contributed by atoms with Crippen LogP contribution in [0, 0.1) is 15.9 Å². The summed E-state index contributed by atoms with van der Waals surface area (Å²) in [6.07, 6.45) is 1.05. The van der Waals surface area contributed by atoms with E-state index in [-0.39, 0.29) is 24.6 Å². The Balaban J connectivity index is 1.99. The Morgan fingerprint density at radius 2 is 1.91 bits per heavy atom. The summed E-state index contributed by atoms with van der Waals surface area (Å²) in [5, 5.41) is 13.2. The number of nitrogens with zero attached hydrogens (tertiary/aromatic N) is 2. The number of nitro groups is 1. The Labute approximate surface area is 124 Å². The highest BCUT2D eigenvalue weighted by Crippen LogP contribution is 2.09. The minimum Gasteiger partial charge on any atom is -0.326 e. The third-order valence-electron chi connectivity index (χ3n) is 2.89. The fourth-order valence-electron chi connectivity index (χ4n) is 1.78. The van der Waals surface area contributed by atoms with Crippen molar-refractivity contribution in [3.8, 4) is 0 Å². The maximum absolute atomic E-state index is 12.7. The van der Waals surface area contributed by atoms with Crippen molar-refractivity contribution in [3.05, 3.63) is 68.9 Å². The van der Waals surface area contributed by atoms with E-state index in [1.807, 2.05) is 0 Å². The highest BCUT2D eigenvalue weighted by molar-refractivity contribution is 5.90. The summed E-state index contributed by atoms with van der Waals surface area (Å²) in [7, 11) is 0. The second kappa shape index (κ2) is 6.61. The molecule has 0 aliphatic carbocycles. The van der Waals surface area contributed by atoms with Gasteiger partial charge in [0.05, 0.1) is 11.1 Å². The van der Waals surface area contributed by atoms with Gasteiger partial charge < -0.3 is 9.88 Å². The monoisotopic (exact) mass is 305 g/mol. The van der Waals surface area contributed by atoms with Gasteiger partial charge in [0.25, 0.3) is 11.2 Å². The van der Waals surface area contributed by atoms with E-state index in [9.17, 15) is 24.1 Å². The molecule has 0 unspecified atom stereocenters. The topological polar surface area (TPSA) is 94.2 Å². The molecule has 0 bridgehead atoms. The largest absolute Gasteiger partial charge is 0.326 e. The number of rotatable bonds is 5. The number of pyridine rings is 1. The summed E-state index contributed by atoms with van der Waals surface area (Å²) in [5.41, 5.74) is -0.225. The van der Waals surface area contributed by atoms with Crippen LogP contribution < -0.4 is 10.9 Å². The van der Waals surface area contributed by atoms with Gasteiger partial charge in [0.15, 0.2) is 0 Å². The zero-order valence-electron chi connectivity index (χ0n) is 11.4. The lowest BCUT2D eigenvalue weighted by atomic mass is 10.3. The van der Waals surface area contributed by atoms with E-state index in [2.05, 4.69) is 5.32 Å². The van der Waals surface area contributed by atoms with E-state index in [0.29, 0.717) is 5.69 Å². The van der Waals surface area contributed by atoms with Gasteiger partial charge in [-0.1, -0.05) is 0 Å². The fraction of sp³-hybridized carbons (Fsp3) is 0.143. The molecule has 22 heavy (non-hydrogen) atoms. The van der Waals surface area contributed by atoms with Crippen LogP contribution >= 0.6 is 0 Å². The quantitative estimate of drug-likeness (QED) is 0.674. The van der Waals surface area contributed by atoms with Gasteiger partial charge in [-0.3, -0.25) is 19.7 Å². The van der Waals surface area contributed by atoms with Gasteiger partial charge in [-0.15, -0.1) is 0 Å². The van der Waals surface area contributed by atoms with Gasteiger partial charge in [-0.2, -0.15) is 0 Å². The van der Waals surface area contributed by atoms with Crippen molar-refractivity contribution >= 4 is 17.3 Å². The van der Waals surface area contributed by atoms with Gasteiger partial charge in [0.2, 0.25) is 5.91 Å². The van der Waals surface area contributed by atoms with Gasteiger partial charge in [-0.05, 0) is 24.3 Å². The normalized spacial score (nSPS) is 10.2. The number of anilines is 1. The molecule has 0 aliphatic heterocycles. The van der Waals surface area contributed by atoms with Gasteiger partial charge in [0.1, 0.15) is 5.82 Å². The summed E-state index contributed by atoms with van der Waals surface area (Å²) in [6.45, 7) is 0.00748. The average molecular weight is 305 g/mol. The van der Waals surface area contributed by atoms with Crippen LogP contribution in [0.4, 0.5) is 15.8 Å². The predicted molar refractivity (Wildman–Crippen MR) is 77.0 cm³/mol. The second-order valence-corrected chi connectivity index (χ2v) is 4.48. The molecule has 8 heteroatoms. The maximum Gasteiger partial charge on any atom is 0.285 e. The molecule has 1 heterocycles. The van der Waals surface area contributed by atoms with E-state index in [1.54, 1.807) is 0 Å². The van der Waals surface area contributed by atoms with Crippen LogP contribution in [-0.4, -0.2) is 15.4 Å². The molecule has 0 fully saturated rings. The average Bonchev–Trinajstić information content (AvgIpc) is 2.48. The number of aryl methyl sites for hydroxylation is 1. The number of benzene rings is 1. The molecule has 0 saturated heterocycles. The van der Waals surface area contributed by atoms with Crippen molar-refractivity contribution in [2.75, 3.05) is 5.32 Å². The summed E-state index contributed by atoms with van der Waals surface area (Å²) >= 11 is 0. The Morgan fingerprint density at radius 1 is 1.23 bits per heavy atom. The van der Waals surface area contributed by atoms with Crippen LogP contribution in [0.25, 0.3) is 0 Å². The molecular weight excluding hydrogens is 293 g/mol. The molecule has 2 aromatic rings. The van der Waals surface area contributed by atoms with Crippen molar-refractivity contribution in [1.82, 2.24) is 4.57 Å². The lowest BCUT2D eigenvalue weighted by molar-refractivity contribution is -0.385. The molecule has 0 saturated carbocycles. The van der Waals surface area contributed by atoms with Crippen molar-refractivity contribution in [2.45, 2.75) is 13.0 Å². The number of hydrogen-bond donors (Lipinski definition) is 1. The highest BCUT2D eigenvalue weighted by Gasteiger charge is 2.09. The number of carbonyl (C=O) groups is 1. The lowest BCUT2D eigenvalue weighted by Crippen LogP contribution is -2.22. The summed E-state index contributed by atoms with van der Waals surface area (Å²) in [5.74, 6) is -0.800. The van der Waals surface area contributed by atoms with Gasteiger partial charge in [-0.25, -0.2) is 4.39 Å². The van der Waals surface area contributed by atoms with Crippen molar-refractivity contribution in [2.24, 2.45) is 0 Å². The highest BCUT2D eigenvalue weighted by atomic mass is 19.1. The number of aromatic nitrogens is 1. The fourth-order valence-corrected chi connectivity index (χ4v) is 1.78. The van der Waals surface area contributed by atoms with Gasteiger partial charge >= 0.3 is 0 Å². The van der Waals surface area contributed by atoms with Crippen molar-refractivity contribution < 1.29 is 14.1 Å². The molecule has 0 atom stereocenters. The SMILES string of the molecule is O=C(CCn1cc([N+](=O)[O-])ccc1=O)Nc1ccc(F)cc1. The number of nitrogens with one attached hydrogen (secondary N) is 1. The molecule has 0 radical (unpaired) electrons. The van der Waals surface area contributed by atoms with E-state index in [4.69, 9.17) is 0 Å². The summed E-state index contributed by atoms with van der Waals surface area (Å²) in [6, 6.07) is 7.42. The van der Waals surface area contributed by atoms with Gasteiger partial charge in [0, 0.05) is 30.8 Å². The molecule has 0 aliphatic rings. The van der Waals surface area contributed by atoms with E-state index in [1.165, 1.54) is 24.3 Å². The van der Waals surface area contributed by atoms with Crippen LogP contribution in [0.1, 0.15) is 6.42 Å². The standard InChI is InChI=1S/C14H12FN3O4/c15-10-1-3-11(4-2-10)16-13(19)7-8-17-9-12(18(21)22)5-6-14(17)20/h1-6,9H,7-8H2,(H,16,19). The summed E-state index contributed by atoms with van der Waals surface area (Å²) in [4.78, 5) is 33.4. The Morgan fingerprint density at radius 3 is 2.55 bits per heavy atom. The van der Waals surface area contributed by atoms with Crippen molar-refractivity contribution in [3.63, 3.8) is 0 Å². The number of carbonyl (C=O) groups excluding carboxylic acids is 1. The second-order valence-electron chi connectivity index (χ2n) is 4.48. The molecule has 1 amide bonds. The van der Waals surface area contributed by atoms with Crippen molar-refractivity contribution in [1.29, 1.82) is 0 Å². The van der Waals surface area contributed by atoms with Crippen LogP contribution in [0.5, 0.6) is 0 Å². The summed E-state index contributed by atoms with van der Waals surface area (Å²) < 4.78 is 13.8. The molecule has 1 aromatic carbocycles. The number of halogens is 1. The van der Waals surface area contributed by atoms with Crippen LogP contribution in [0.3, 0.4) is 0 Å². The first-order valence-corrected chi connectivity index (χ1v) is 6.36.